The first-order chi connectivity index (χ1) is 8.52. The molecule has 0 aliphatic carbocycles. The van der Waals surface area contributed by atoms with E-state index in [1.165, 1.54) is 7.11 Å². The van der Waals surface area contributed by atoms with E-state index in [1.807, 2.05) is 0 Å². The lowest BCUT2D eigenvalue weighted by atomic mass is 10.3. The molecule has 0 aliphatic rings. The van der Waals surface area contributed by atoms with Gasteiger partial charge < -0.3 is 19.9 Å². The molecule has 0 saturated heterocycles. The van der Waals surface area contributed by atoms with Gasteiger partial charge in [-0.3, -0.25) is 4.79 Å². The van der Waals surface area contributed by atoms with E-state index in [1.54, 1.807) is 18.2 Å². The molecule has 0 radical (unpaired) electrons. The number of aliphatic carboxylic acids is 1. The van der Waals surface area contributed by atoms with Crippen molar-refractivity contribution in [1.29, 1.82) is 0 Å². The summed E-state index contributed by atoms with van der Waals surface area (Å²) in [6.07, 6.45) is 0. The van der Waals surface area contributed by atoms with Crippen LogP contribution in [0.15, 0.2) is 22.7 Å². The summed E-state index contributed by atoms with van der Waals surface area (Å²) in [6.45, 7) is -0.831. The minimum atomic E-state index is -1.12. The van der Waals surface area contributed by atoms with E-state index in [9.17, 15) is 9.59 Å². The van der Waals surface area contributed by atoms with Crippen LogP contribution in [0.4, 0.5) is 5.69 Å². The highest BCUT2D eigenvalue weighted by Gasteiger charge is 2.08. The monoisotopic (exact) mass is 317 g/mol. The Labute approximate surface area is 112 Å². The van der Waals surface area contributed by atoms with Crippen LogP contribution in [-0.4, -0.2) is 37.3 Å². The molecule has 0 spiro atoms. The summed E-state index contributed by atoms with van der Waals surface area (Å²) < 4.78 is 10.4. The quantitative estimate of drug-likeness (QED) is 0.830. The van der Waals surface area contributed by atoms with Crippen molar-refractivity contribution in [3.8, 4) is 5.75 Å². The number of hydrogen-bond donors (Lipinski definition) is 2. The topological polar surface area (TPSA) is 84.9 Å². The Hall–Kier alpha value is -1.60. The van der Waals surface area contributed by atoms with Crippen LogP contribution in [-0.2, 0) is 14.3 Å². The van der Waals surface area contributed by atoms with Gasteiger partial charge in [-0.05, 0) is 28.1 Å². The number of carbonyl (C=O) groups excluding carboxylic acids is 1. The molecule has 7 heteroatoms. The van der Waals surface area contributed by atoms with Crippen LogP contribution in [0.2, 0.25) is 0 Å². The van der Waals surface area contributed by atoms with Gasteiger partial charge >= 0.3 is 5.97 Å². The summed E-state index contributed by atoms with van der Waals surface area (Å²) in [4.78, 5) is 21.7. The van der Waals surface area contributed by atoms with Crippen LogP contribution in [0.3, 0.4) is 0 Å². The first kappa shape index (κ1) is 14.5. The molecule has 0 heterocycles. The van der Waals surface area contributed by atoms with Crippen LogP contribution >= 0.6 is 15.9 Å². The molecule has 6 nitrogen and oxygen atoms in total. The fraction of sp³-hybridized carbons (Fsp3) is 0.273. The summed E-state index contributed by atoms with van der Waals surface area (Å²) in [5.74, 6) is -0.962. The van der Waals surface area contributed by atoms with Gasteiger partial charge in [-0.2, -0.15) is 0 Å². The molecule has 0 fully saturated rings. The molecule has 98 valence electrons. The van der Waals surface area contributed by atoms with Gasteiger partial charge in [0.1, 0.15) is 19.0 Å². The third-order valence-corrected chi connectivity index (χ3v) is 2.60. The molecule has 0 aliphatic heterocycles. The third kappa shape index (κ3) is 4.72. The molecule has 0 saturated carbocycles. The first-order valence-corrected chi connectivity index (χ1v) is 5.75. The molecule has 1 rings (SSSR count). The van der Waals surface area contributed by atoms with E-state index in [4.69, 9.17) is 9.84 Å². The van der Waals surface area contributed by atoms with E-state index in [2.05, 4.69) is 26.0 Å². The van der Waals surface area contributed by atoms with Crippen molar-refractivity contribution in [3.63, 3.8) is 0 Å². The van der Waals surface area contributed by atoms with E-state index < -0.39 is 18.5 Å². The summed E-state index contributed by atoms with van der Waals surface area (Å²) in [7, 11) is 1.52. The largest absolute Gasteiger partial charge is 0.497 e. The van der Waals surface area contributed by atoms with Crippen LogP contribution in [0.1, 0.15) is 0 Å². The lowest BCUT2D eigenvalue weighted by Gasteiger charge is -2.09. The molecule has 0 bridgehead atoms. The maximum absolute atomic E-state index is 11.5. The van der Waals surface area contributed by atoms with Gasteiger partial charge in [0.05, 0.1) is 12.8 Å². The zero-order valence-corrected chi connectivity index (χ0v) is 11.2. The van der Waals surface area contributed by atoms with Crippen molar-refractivity contribution in [3.05, 3.63) is 22.7 Å². The lowest BCUT2D eigenvalue weighted by Crippen LogP contribution is -2.20. The SMILES string of the molecule is COc1ccc(Br)c(NC(=O)COCC(=O)O)c1. The van der Waals surface area contributed by atoms with Crippen LogP contribution in [0, 0.1) is 0 Å². The van der Waals surface area contributed by atoms with Crippen molar-refractivity contribution >= 4 is 33.5 Å². The number of carboxylic acid groups (broad SMARTS) is 1. The maximum Gasteiger partial charge on any atom is 0.329 e. The predicted molar refractivity (Wildman–Crippen MR) is 67.8 cm³/mol. The maximum atomic E-state index is 11.5. The normalized spacial score (nSPS) is 9.89. The third-order valence-electron chi connectivity index (χ3n) is 1.91. The van der Waals surface area contributed by atoms with Crippen LogP contribution < -0.4 is 10.1 Å². The molecule has 0 atom stereocenters. The second kappa shape index (κ2) is 6.97. The van der Waals surface area contributed by atoms with Crippen molar-refractivity contribution in [2.75, 3.05) is 25.6 Å². The summed E-state index contributed by atoms with van der Waals surface area (Å²) in [6, 6.07) is 5.10. The number of hydrogen-bond acceptors (Lipinski definition) is 4. The molecule has 18 heavy (non-hydrogen) atoms. The van der Waals surface area contributed by atoms with Crippen molar-refractivity contribution in [2.45, 2.75) is 0 Å². The fourth-order valence-electron chi connectivity index (χ4n) is 1.14. The highest BCUT2D eigenvalue weighted by Crippen LogP contribution is 2.26. The average molecular weight is 318 g/mol. The van der Waals surface area contributed by atoms with Crippen LogP contribution in [0.25, 0.3) is 0 Å². The number of nitrogens with one attached hydrogen (secondary N) is 1. The number of carbonyl (C=O) groups is 2. The average Bonchev–Trinajstić information content (AvgIpc) is 2.31. The Bertz CT molecular complexity index is 449. The Morgan fingerprint density at radius 1 is 1.39 bits per heavy atom. The molecule has 1 amide bonds. The van der Waals surface area contributed by atoms with E-state index in [-0.39, 0.29) is 6.61 Å². The van der Waals surface area contributed by atoms with Crippen molar-refractivity contribution < 1.29 is 24.2 Å². The van der Waals surface area contributed by atoms with Crippen LogP contribution in [0.5, 0.6) is 5.75 Å². The van der Waals surface area contributed by atoms with Gasteiger partial charge in [-0.1, -0.05) is 0 Å². The zero-order chi connectivity index (χ0) is 13.5. The van der Waals surface area contributed by atoms with E-state index in [0.717, 1.165) is 0 Å². The van der Waals surface area contributed by atoms with Crippen molar-refractivity contribution in [2.24, 2.45) is 0 Å². The molecule has 1 aromatic carbocycles. The second-order valence-electron chi connectivity index (χ2n) is 3.28. The van der Waals surface area contributed by atoms with Gasteiger partial charge in [0, 0.05) is 10.5 Å². The van der Waals surface area contributed by atoms with E-state index in [0.29, 0.717) is 15.9 Å². The number of methoxy groups -OCH3 is 1. The Morgan fingerprint density at radius 3 is 2.72 bits per heavy atom. The highest BCUT2D eigenvalue weighted by molar-refractivity contribution is 9.10. The second-order valence-corrected chi connectivity index (χ2v) is 4.13. The molecular weight excluding hydrogens is 306 g/mol. The Morgan fingerprint density at radius 2 is 2.11 bits per heavy atom. The number of halogens is 1. The lowest BCUT2D eigenvalue weighted by molar-refractivity contribution is -0.143. The number of carboxylic acids is 1. The number of benzene rings is 1. The predicted octanol–water partition coefficient (Wildman–Crippen LogP) is 1.50. The first-order valence-electron chi connectivity index (χ1n) is 4.96. The number of anilines is 1. The van der Waals surface area contributed by atoms with Crippen molar-refractivity contribution in [1.82, 2.24) is 0 Å². The standard InChI is InChI=1S/C11H12BrNO5/c1-17-7-2-3-8(12)9(4-7)13-10(14)5-18-6-11(15)16/h2-4H,5-6H2,1H3,(H,13,14)(H,15,16). The smallest absolute Gasteiger partial charge is 0.329 e. The summed E-state index contributed by atoms with van der Waals surface area (Å²) in [5, 5.41) is 10.9. The fourth-order valence-corrected chi connectivity index (χ4v) is 1.49. The number of rotatable bonds is 6. The van der Waals surface area contributed by atoms with E-state index >= 15 is 0 Å². The molecular formula is C11H12BrNO5. The van der Waals surface area contributed by atoms with Gasteiger partial charge in [0.25, 0.3) is 0 Å². The Balaban J connectivity index is 2.55. The number of amides is 1. The van der Waals surface area contributed by atoms with Gasteiger partial charge in [0.15, 0.2) is 0 Å². The molecule has 2 N–H and O–H groups in total. The number of ether oxygens (including phenoxy) is 2. The summed E-state index contributed by atoms with van der Waals surface area (Å²) >= 11 is 3.27. The summed E-state index contributed by atoms with van der Waals surface area (Å²) in [5.41, 5.74) is 0.526. The minimum Gasteiger partial charge on any atom is -0.497 e. The van der Waals surface area contributed by atoms with Gasteiger partial charge in [-0.25, -0.2) is 4.79 Å². The van der Waals surface area contributed by atoms with Gasteiger partial charge in [0.2, 0.25) is 5.91 Å². The highest BCUT2D eigenvalue weighted by atomic mass is 79.9. The van der Waals surface area contributed by atoms with Gasteiger partial charge in [-0.15, -0.1) is 0 Å². The zero-order valence-electron chi connectivity index (χ0n) is 9.60. The minimum absolute atomic E-state index is 0.323. The Kier molecular flexibility index (Phi) is 5.60. The molecule has 0 unspecified atom stereocenters. The molecule has 1 aromatic rings. The molecule has 0 aromatic heterocycles.